The molecule has 1 heterocycles. The average molecular weight is 268 g/mol. The molecule has 2 rings (SSSR count). The Morgan fingerprint density at radius 3 is 2.89 bits per heavy atom. The maximum absolute atomic E-state index is 6.26. The number of H-pyrrole nitrogens is 1. The van der Waals surface area contributed by atoms with Gasteiger partial charge in [-0.25, -0.2) is 4.98 Å². The number of thioether (sulfide) groups is 1. The first kappa shape index (κ1) is 13.9. The van der Waals surface area contributed by atoms with Gasteiger partial charge in [0, 0.05) is 11.3 Å². The second kappa shape index (κ2) is 5.61. The van der Waals surface area contributed by atoms with Crippen LogP contribution >= 0.6 is 11.8 Å². The molecule has 0 aliphatic heterocycles. The van der Waals surface area contributed by atoms with Gasteiger partial charge in [0.25, 0.3) is 0 Å². The molecule has 1 fully saturated rings. The number of hydrogen-bond acceptors (Lipinski definition) is 4. The number of hydrogen-bond donors (Lipinski definition) is 2. The fourth-order valence-electron chi connectivity index (χ4n) is 2.68. The molecule has 3 N–H and O–H groups in total. The predicted octanol–water partition coefficient (Wildman–Crippen LogP) is 2.83. The lowest BCUT2D eigenvalue weighted by molar-refractivity contribution is 0.148. The van der Waals surface area contributed by atoms with Crippen LogP contribution < -0.4 is 5.73 Å². The van der Waals surface area contributed by atoms with Crippen molar-refractivity contribution < 1.29 is 0 Å². The minimum Gasteiger partial charge on any atom is -0.327 e. The zero-order valence-corrected chi connectivity index (χ0v) is 12.3. The number of aromatic amines is 1. The van der Waals surface area contributed by atoms with Crippen molar-refractivity contribution in [3.05, 3.63) is 6.33 Å². The summed E-state index contributed by atoms with van der Waals surface area (Å²) >= 11 is 1.76. The molecule has 0 radical (unpaired) electrons. The highest BCUT2D eigenvalue weighted by molar-refractivity contribution is 7.99. The van der Waals surface area contributed by atoms with Gasteiger partial charge in [0.05, 0.1) is 0 Å². The van der Waals surface area contributed by atoms with Crippen molar-refractivity contribution >= 4 is 11.8 Å². The molecule has 1 aliphatic carbocycles. The lowest BCUT2D eigenvalue weighted by Crippen LogP contribution is -2.42. The summed E-state index contributed by atoms with van der Waals surface area (Å²) < 4.78 is 0. The number of nitrogens with one attached hydrogen (secondary N) is 1. The molecular weight excluding hydrogens is 244 g/mol. The van der Waals surface area contributed by atoms with E-state index in [-0.39, 0.29) is 6.04 Å². The minimum absolute atomic E-state index is 0.281. The second-order valence-electron chi connectivity index (χ2n) is 5.96. The Morgan fingerprint density at radius 2 is 2.28 bits per heavy atom. The molecule has 18 heavy (non-hydrogen) atoms. The fraction of sp³-hybridized carbons (Fsp3) is 0.846. The summed E-state index contributed by atoms with van der Waals surface area (Å²) in [5.74, 6) is 0.766. The van der Waals surface area contributed by atoms with Crippen molar-refractivity contribution in [3.8, 4) is 0 Å². The van der Waals surface area contributed by atoms with Gasteiger partial charge < -0.3 is 5.73 Å². The summed E-state index contributed by atoms with van der Waals surface area (Å²) in [4.78, 5) is 4.19. The molecule has 0 amide bonds. The van der Waals surface area contributed by atoms with Crippen LogP contribution in [-0.2, 0) is 0 Å². The van der Waals surface area contributed by atoms with Crippen LogP contribution in [0, 0.1) is 11.3 Å². The van der Waals surface area contributed by atoms with Gasteiger partial charge in [0.2, 0.25) is 0 Å². The lowest BCUT2D eigenvalue weighted by Gasteiger charge is -2.41. The predicted molar refractivity (Wildman–Crippen MR) is 75.4 cm³/mol. The summed E-state index contributed by atoms with van der Waals surface area (Å²) in [6.45, 7) is 7.04. The number of rotatable bonds is 4. The molecule has 0 saturated heterocycles. The maximum atomic E-state index is 6.26. The van der Waals surface area contributed by atoms with E-state index in [1.165, 1.54) is 19.3 Å². The first-order valence-electron chi connectivity index (χ1n) is 6.80. The quantitative estimate of drug-likeness (QED) is 0.881. The Balaban J connectivity index is 2.01. The van der Waals surface area contributed by atoms with Crippen LogP contribution in [0.25, 0.3) is 0 Å². The lowest BCUT2D eigenvalue weighted by atomic mass is 9.69. The largest absolute Gasteiger partial charge is 0.327 e. The van der Waals surface area contributed by atoms with Crippen molar-refractivity contribution in [1.82, 2.24) is 15.2 Å². The number of aromatic nitrogens is 3. The molecule has 1 aliphatic rings. The fourth-order valence-corrected chi connectivity index (χ4v) is 3.82. The first-order chi connectivity index (χ1) is 8.53. The van der Waals surface area contributed by atoms with Crippen molar-refractivity contribution in [2.75, 3.05) is 0 Å². The van der Waals surface area contributed by atoms with Gasteiger partial charge in [-0.3, -0.25) is 5.10 Å². The summed E-state index contributed by atoms with van der Waals surface area (Å²) in [6.07, 6.45) is 6.36. The van der Waals surface area contributed by atoms with Crippen LogP contribution in [0.1, 0.15) is 46.5 Å². The second-order valence-corrected chi connectivity index (χ2v) is 7.19. The van der Waals surface area contributed by atoms with Crippen molar-refractivity contribution in [1.29, 1.82) is 0 Å². The summed E-state index contributed by atoms with van der Waals surface area (Å²) in [5.41, 5.74) is 6.68. The highest BCUT2D eigenvalue weighted by Crippen LogP contribution is 2.43. The van der Waals surface area contributed by atoms with Gasteiger partial charge in [0.1, 0.15) is 6.33 Å². The van der Waals surface area contributed by atoms with Crippen LogP contribution in [0.4, 0.5) is 0 Å². The SMILES string of the molecule is CCC(C)(C)C1CCC(N)C(Sc2ncn[nH]2)C1. The zero-order valence-electron chi connectivity index (χ0n) is 11.5. The first-order valence-corrected chi connectivity index (χ1v) is 7.68. The van der Waals surface area contributed by atoms with E-state index in [4.69, 9.17) is 5.73 Å². The molecule has 102 valence electrons. The average Bonchev–Trinajstić information content (AvgIpc) is 2.84. The molecule has 1 aromatic rings. The molecule has 0 aromatic carbocycles. The minimum atomic E-state index is 0.281. The monoisotopic (exact) mass is 268 g/mol. The molecule has 4 nitrogen and oxygen atoms in total. The van der Waals surface area contributed by atoms with E-state index >= 15 is 0 Å². The summed E-state index contributed by atoms with van der Waals surface area (Å²) in [7, 11) is 0. The zero-order chi connectivity index (χ0) is 13.2. The third kappa shape index (κ3) is 3.06. The van der Waals surface area contributed by atoms with Crippen LogP contribution in [-0.4, -0.2) is 26.5 Å². The Bertz CT molecular complexity index is 363. The van der Waals surface area contributed by atoms with E-state index in [9.17, 15) is 0 Å². The van der Waals surface area contributed by atoms with Crippen LogP contribution in [0.15, 0.2) is 11.5 Å². The number of nitrogens with zero attached hydrogens (tertiary/aromatic N) is 2. The summed E-state index contributed by atoms with van der Waals surface area (Å²) in [6, 6.07) is 0.281. The molecule has 0 bridgehead atoms. The van der Waals surface area contributed by atoms with Gasteiger partial charge in [-0.05, 0) is 30.6 Å². The van der Waals surface area contributed by atoms with E-state index < -0.39 is 0 Å². The third-order valence-corrected chi connectivity index (χ3v) is 5.78. The van der Waals surface area contributed by atoms with E-state index in [2.05, 4.69) is 36.0 Å². The number of nitrogens with two attached hydrogens (primary N) is 1. The van der Waals surface area contributed by atoms with Crippen molar-refractivity contribution in [2.24, 2.45) is 17.1 Å². The van der Waals surface area contributed by atoms with Gasteiger partial charge in [-0.1, -0.05) is 39.0 Å². The van der Waals surface area contributed by atoms with E-state index in [0.717, 1.165) is 17.5 Å². The molecule has 0 spiro atoms. The Hall–Kier alpha value is -0.550. The van der Waals surface area contributed by atoms with Crippen molar-refractivity contribution in [3.63, 3.8) is 0 Å². The Morgan fingerprint density at radius 1 is 1.50 bits per heavy atom. The topological polar surface area (TPSA) is 67.6 Å². The molecule has 3 unspecified atom stereocenters. The molecule has 1 aromatic heterocycles. The van der Waals surface area contributed by atoms with E-state index in [0.29, 0.717) is 10.7 Å². The van der Waals surface area contributed by atoms with E-state index in [1.807, 2.05) is 0 Å². The Labute approximate surface area is 114 Å². The summed E-state index contributed by atoms with van der Waals surface area (Å²) in [5, 5.41) is 8.17. The molecule has 5 heteroatoms. The van der Waals surface area contributed by atoms with Crippen LogP contribution in [0.3, 0.4) is 0 Å². The van der Waals surface area contributed by atoms with Gasteiger partial charge in [-0.15, -0.1) is 0 Å². The smallest absolute Gasteiger partial charge is 0.183 e. The van der Waals surface area contributed by atoms with Gasteiger partial charge in [0.15, 0.2) is 5.16 Å². The normalized spacial score (nSPS) is 29.4. The highest BCUT2D eigenvalue weighted by Gasteiger charge is 2.36. The van der Waals surface area contributed by atoms with Crippen LogP contribution in [0.5, 0.6) is 0 Å². The highest BCUT2D eigenvalue weighted by atomic mass is 32.2. The Kier molecular flexibility index (Phi) is 4.33. The standard InChI is InChI=1S/C13H24N4S/c1-4-13(2,3)9-5-6-10(14)11(7-9)18-12-15-8-16-17-12/h8-11H,4-7,14H2,1-3H3,(H,15,16,17). The van der Waals surface area contributed by atoms with Crippen LogP contribution in [0.2, 0.25) is 0 Å². The third-order valence-electron chi connectivity index (χ3n) is 4.52. The van der Waals surface area contributed by atoms with Gasteiger partial charge in [-0.2, -0.15) is 5.10 Å². The maximum Gasteiger partial charge on any atom is 0.183 e. The van der Waals surface area contributed by atoms with Gasteiger partial charge >= 0.3 is 0 Å². The van der Waals surface area contributed by atoms with Crippen molar-refractivity contribution in [2.45, 2.75) is 62.9 Å². The molecule has 3 atom stereocenters. The molecule has 1 saturated carbocycles. The molecular formula is C13H24N4S. The van der Waals surface area contributed by atoms with E-state index in [1.54, 1.807) is 18.1 Å².